The lowest BCUT2D eigenvalue weighted by atomic mass is 10.0. The normalized spacial score (nSPS) is 12.2. The summed E-state index contributed by atoms with van der Waals surface area (Å²) in [5, 5.41) is 3.03. The van der Waals surface area contributed by atoms with Crippen LogP contribution in [0.15, 0.2) is 42.5 Å². The molecule has 1 unspecified atom stereocenters. The highest BCUT2D eigenvalue weighted by molar-refractivity contribution is 5.78. The molecule has 0 fully saturated rings. The molecule has 128 valence electrons. The first-order valence-corrected chi connectivity index (χ1v) is 8.14. The van der Waals surface area contributed by atoms with E-state index < -0.39 is 0 Å². The van der Waals surface area contributed by atoms with Crippen molar-refractivity contribution >= 4 is 5.91 Å². The minimum Gasteiger partial charge on any atom is -0.348 e. The van der Waals surface area contributed by atoms with Gasteiger partial charge in [0.05, 0.1) is 12.6 Å². The van der Waals surface area contributed by atoms with Gasteiger partial charge in [0.25, 0.3) is 0 Å². The highest BCUT2D eigenvalue weighted by Crippen LogP contribution is 2.16. The minimum absolute atomic E-state index is 0.0228. The Morgan fingerprint density at radius 2 is 1.79 bits per heavy atom. The summed E-state index contributed by atoms with van der Waals surface area (Å²) in [6, 6.07) is 12.6. The average Bonchev–Trinajstić information content (AvgIpc) is 2.52. The third-order valence-electron chi connectivity index (χ3n) is 4.19. The van der Waals surface area contributed by atoms with Gasteiger partial charge in [-0.05, 0) is 62.2 Å². The van der Waals surface area contributed by atoms with Gasteiger partial charge in [0, 0.05) is 6.54 Å². The van der Waals surface area contributed by atoms with Crippen LogP contribution in [0.3, 0.4) is 0 Å². The number of hydrogen-bond acceptors (Lipinski definition) is 2. The number of likely N-dealkylation sites (N-methyl/N-ethyl adjacent to an activating group) is 1. The van der Waals surface area contributed by atoms with E-state index in [-0.39, 0.29) is 17.8 Å². The summed E-state index contributed by atoms with van der Waals surface area (Å²) in [6.07, 6.45) is 0. The average molecular weight is 328 g/mol. The lowest BCUT2D eigenvalue weighted by Gasteiger charge is -2.20. The monoisotopic (exact) mass is 328 g/mol. The Balaban J connectivity index is 1.87. The molecule has 0 aliphatic carbocycles. The maximum atomic E-state index is 12.9. The molecule has 1 N–H and O–H groups in total. The smallest absolute Gasteiger partial charge is 0.234 e. The first kappa shape index (κ1) is 18.1. The molecule has 3 nitrogen and oxygen atoms in total. The lowest BCUT2D eigenvalue weighted by Crippen LogP contribution is -2.36. The maximum Gasteiger partial charge on any atom is 0.234 e. The van der Waals surface area contributed by atoms with E-state index in [2.05, 4.69) is 37.4 Å². The number of carbonyl (C=O) groups excluding carboxylic acids is 1. The zero-order chi connectivity index (χ0) is 17.7. The van der Waals surface area contributed by atoms with E-state index in [1.807, 2.05) is 18.9 Å². The fourth-order valence-corrected chi connectivity index (χ4v) is 2.61. The molecule has 0 heterocycles. The van der Waals surface area contributed by atoms with Crippen LogP contribution in [0.5, 0.6) is 0 Å². The zero-order valence-electron chi connectivity index (χ0n) is 14.8. The summed E-state index contributed by atoms with van der Waals surface area (Å²) in [6.45, 7) is 7.04. The van der Waals surface area contributed by atoms with Crippen molar-refractivity contribution in [2.75, 3.05) is 13.6 Å². The van der Waals surface area contributed by atoms with Gasteiger partial charge in [0.15, 0.2) is 0 Å². The van der Waals surface area contributed by atoms with Gasteiger partial charge in [-0.3, -0.25) is 9.69 Å². The van der Waals surface area contributed by atoms with Gasteiger partial charge >= 0.3 is 0 Å². The lowest BCUT2D eigenvalue weighted by molar-refractivity contribution is -0.122. The molecule has 24 heavy (non-hydrogen) atoms. The Morgan fingerprint density at radius 3 is 2.42 bits per heavy atom. The fraction of sp³-hybridized carbons (Fsp3) is 0.350. The van der Waals surface area contributed by atoms with Gasteiger partial charge in [-0.1, -0.05) is 30.3 Å². The molecule has 2 aromatic rings. The second kappa shape index (κ2) is 8.06. The van der Waals surface area contributed by atoms with Crippen molar-refractivity contribution in [1.82, 2.24) is 10.2 Å². The SMILES string of the molecule is Cc1ccc(C(C)NC(=O)CN(C)Cc2ccc(F)cc2)cc1C. The van der Waals surface area contributed by atoms with Crippen LogP contribution < -0.4 is 5.32 Å². The third-order valence-corrected chi connectivity index (χ3v) is 4.19. The Kier molecular flexibility index (Phi) is 6.10. The summed E-state index contributed by atoms with van der Waals surface area (Å²) >= 11 is 0. The van der Waals surface area contributed by atoms with Crippen molar-refractivity contribution in [3.63, 3.8) is 0 Å². The van der Waals surface area contributed by atoms with Crippen LogP contribution >= 0.6 is 0 Å². The predicted molar refractivity (Wildman–Crippen MR) is 95.2 cm³/mol. The highest BCUT2D eigenvalue weighted by atomic mass is 19.1. The van der Waals surface area contributed by atoms with Crippen LogP contribution in [-0.4, -0.2) is 24.4 Å². The molecule has 0 aliphatic heterocycles. The van der Waals surface area contributed by atoms with Gasteiger partial charge in [-0.15, -0.1) is 0 Å². The summed E-state index contributed by atoms with van der Waals surface area (Å²) in [4.78, 5) is 14.1. The molecule has 0 saturated heterocycles. The van der Waals surface area contributed by atoms with Crippen molar-refractivity contribution in [3.8, 4) is 0 Å². The van der Waals surface area contributed by atoms with Crippen molar-refractivity contribution in [2.24, 2.45) is 0 Å². The number of hydrogen-bond donors (Lipinski definition) is 1. The number of rotatable bonds is 6. The number of nitrogens with one attached hydrogen (secondary N) is 1. The van der Waals surface area contributed by atoms with E-state index in [1.165, 1.54) is 23.3 Å². The number of aryl methyl sites for hydroxylation is 2. The zero-order valence-corrected chi connectivity index (χ0v) is 14.8. The number of carbonyl (C=O) groups is 1. The molecule has 0 saturated carbocycles. The Labute approximate surface area is 143 Å². The van der Waals surface area contributed by atoms with Crippen molar-refractivity contribution < 1.29 is 9.18 Å². The fourth-order valence-electron chi connectivity index (χ4n) is 2.61. The van der Waals surface area contributed by atoms with Crippen LogP contribution in [0.2, 0.25) is 0 Å². The molecule has 0 bridgehead atoms. The topological polar surface area (TPSA) is 32.3 Å². The van der Waals surface area contributed by atoms with Gasteiger partial charge in [0.2, 0.25) is 5.91 Å². The second-order valence-corrected chi connectivity index (χ2v) is 6.43. The first-order valence-electron chi connectivity index (χ1n) is 8.14. The van der Waals surface area contributed by atoms with Crippen LogP contribution in [0.1, 0.15) is 35.2 Å². The molecule has 0 aromatic heterocycles. The molecule has 4 heteroatoms. The third kappa shape index (κ3) is 5.17. The summed E-state index contributed by atoms with van der Waals surface area (Å²) < 4.78 is 12.9. The minimum atomic E-state index is -0.249. The molecule has 0 aliphatic rings. The Morgan fingerprint density at radius 1 is 1.12 bits per heavy atom. The van der Waals surface area contributed by atoms with Crippen molar-refractivity contribution in [3.05, 3.63) is 70.5 Å². The van der Waals surface area contributed by atoms with Gasteiger partial charge in [0.1, 0.15) is 5.82 Å². The Bertz CT molecular complexity index is 697. The summed E-state index contributed by atoms with van der Waals surface area (Å²) in [5.41, 5.74) is 4.56. The molecule has 1 atom stereocenters. The van der Waals surface area contributed by atoms with E-state index >= 15 is 0 Å². The molecular formula is C20H25FN2O. The predicted octanol–water partition coefficient (Wildman–Crippen LogP) is 3.75. The molecule has 2 aromatic carbocycles. The molecular weight excluding hydrogens is 303 g/mol. The second-order valence-electron chi connectivity index (χ2n) is 6.43. The van der Waals surface area contributed by atoms with Crippen LogP contribution in [-0.2, 0) is 11.3 Å². The Hall–Kier alpha value is -2.20. The molecule has 2 rings (SSSR count). The molecule has 0 spiro atoms. The van der Waals surface area contributed by atoms with Crippen molar-refractivity contribution in [2.45, 2.75) is 33.4 Å². The van der Waals surface area contributed by atoms with Gasteiger partial charge in [-0.2, -0.15) is 0 Å². The van der Waals surface area contributed by atoms with E-state index in [4.69, 9.17) is 0 Å². The maximum absolute atomic E-state index is 12.9. The first-order chi connectivity index (χ1) is 11.3. The number of halogens is 1. The summed E-state index contributed by atoms with van der Waals surface area (Å²) in [7, 11) is 1.88. The van der Waals surface area contributed by atoms with E-state index in [9.17, 15) is 9.18 Å². The molecule has 1 amide bonds. The highest BCUT2D eigenvalue weighted by Gasteiger charge is 2.12. The number of benzene rings is 2. The number of nitrogens with zero attached hydrogens (tertiary/aromatic N) is 1. The molecule has 0 radical (unpaired) electrons. The largest absolute Gasteiger partial charge is 0.348 e. The van der Waals surface area contributed by atoms with Gasteiger partial charge < -0.3 is 5.32 Å². The summed E-state index contributed by atoms with van der Waals surface area (Å²) in [5.74, 6) is -0.272. The van der Waals surface area contributed by atoms with Crippen LogP contribution in [0.25, 0.3) is 0 Å². The van der Waals surface area contributed by atoms with Crippen molar-refractivity contribution in [1.29, 1.82) is 0 Å². The van der Waals surface area contributed by atoms with Gasteiger partial charge in [-0.25, -0.2) is 4.39 Å². The standard InChI is InChI=1S/C20H25FN2O/c1-14-5-8-18(11-15(14)2)16(3)22-20(24)13-23(4)12-17-6-9-19(21)10-7-17/h5-11,16H,12-13H2,1-4H3,(H,22,24). The van der Waals surface area contributed by atoms with E-state index in [0.717, 1.165) is 11.1 Å². The number of amides is 1. The quantitative estimate of drug-likeness (QED) is 0.876. The van der Waals surface area contributed by atoms with Crippen LogP contribution in [0, 0.1) is 19.7 Å². The van der Waals surface area contributed by atoms with E-state index in [1.54, 1.807) is 12.1 Å². The van der Waals surface area contributed by atoms with E-state index in [0.29, 0.717) is 13.1 Å². The van der Waals surface area contributed by atoms with Crippen LogP contribution in [0.4, 0.5) is 4.39 Å².